The van der Waals surface area contributed by atoms with E-state index in [9.17, 15) is 4.79 Å². The maximum absolute atomic E-state index is 12.8. The average Bonchev–Trinajstić information content (AvgIpc) is 3.69. The number of methoxy groups -OCH3 is 3. The van der Waals surface area contributed by atoms with E-state index < -0.39 is 0 Å². The molecule has 172 valence electrons. The molecule has 0 unspecified atom stereocenters. The van der Waals surface area contributed by atoms with E-state index in [1.54, 1.807) is 21.3 Å². The van der Waals surface area contributed by atoms with E-state index in [2.05, 4.69) is 6.07 Å². The number of aromatic nitrogens is 1. The number of hydrogen-bond donors (Lipinski definition) is 0. The van der Waals surface area contributed by atoms with Crippen molar-refractivity contribution in [2.24, 2.45) is 5.92 Å². The molecule has 2 heterocycles. The van der Waals surface area contributed by atoms with Crippen LogP contribution in [-0.4, -0.2) is 50.3 Å². The summed E-state index contributed by atoms with van der Waals surface area (Å²) in [6.45, 7) is 3.56. The lowest BCUT2D eigenvalue weighted by Crippen LogP contribution is -2.33. The number of ether oxygens (including phenoxy) is 4. The van der Waals surface area contributed by atoms with Gasteiger partial charge in [-0.25, -0.2) is 4.98 Å². The molecule has 7 nitrogen and oxygen atoms in total. The zero-order valence-corrected chi connectivity index (χ0v) is 19.4. The van der Waals surface area contributed by atoms with Crippen molar-refractivity contribution < 1.29 is 23.7 Å². The Kier molecular flexibility index (Phi) is 5.48. The highest BCUT2D eigenvalue weighted by molar-refractivity contribution is 5.94. The van der Waals surface area contributed by atoms with Crippen LogP contribution in [0.25, 0.3) is 22.2 Å². The lowest BCUT2D eigenvalue weighted by Gasteiger charge is -2.20. The van der Waals surface area contributed by atoms with Crippen LogP contribution in [0.3, 0.4) is 0 Å². The molecule has 5 rings (SSSR count). The molecule has 2 aliphatic rings. The number of aryl methyl sites for hydroxylation is 1. The van der Waals surface area contributed by atoms with E-state index in [1.165, 1.54) is 0 Å². The van der Waals surface area contributed by atoms with Gasteiger partial charge >= 0.3 is 0 Å². The van der Waals surface area contributed by atoms with Gasteiger partial charge in [0.05, 0.1) is 33.6 Å². The highest BCUT2D eigenvalue weighted by atomic mass is 16.5. The molecule has 1 fully saturated rings. The van der Waals surface area contributed by atoms with Crippen molar-refractivity contribution in [3.63, 3.8) is 0 Å². The first-order valence-corrected chi connectivity index (χ1v) is 11.2. The van der Waals surface area contributed by atoms with E-state index in [-0.39, 0.29) is 11.8 Å². The Morgan fingerprint density at radius 3 is 2.45 bits per heavy atom. The fourth-order valence-corrected chi connectivity index (χ4v) is 4.52. The smallest absolute Gasteiger partial charge is 0.226 e. The van der Waals surface area contributed by atoms with Crippen molar-refractivity contribution in [3.8, 4) is 34.3 Å². The van der Waals surface area contributed by atoms with E-state index in [1.807, 2.05) is 36.1 Å². The first kappa shape index (κ1) is 21.4. The average molecular weight is 449 g/mol. The maximum Gasteiger partial charge on any atom is 0.226 e. The predicted molar refractivity (Wildman–Crippen MR) is 125 cm³/mol. The van der Waals surface area contributed by atoms with Crippen LogP contribution in [0.2, 0.25) is 0 Å². The first-order chi connectivity index (χ1) is 16.0. The summed E-state index contributed by atoms with van der Waals surface area (Å²) >= 11 is 0. The number of amides is 1. The second-order valence-electron chi connectivity index (χ2n) is 8.57. The molecule has 0 radical (unpaired) electrons. The van der Waals surface area contributed by atoms with Gasteiger partial charge in [-0.3, -0.25) is 4.79 Å². The van der Waals surface area contributed by atoms with Crippen LogP contribution < -0.4 is 18.9 Å². The lowest BCUT2D eigenvalue weighted by atomic mass is 10.0. The summed E-state index contributed by atoms with van der Waals surface area (Å²) in [6, 6.07) is 9.79. The highest BCUT2D eigenvalue weighted by Crippen LogP contribution is 2.41. The van der Waals surface area contributed by atoms with Gasteiger partial charge in [0, 0.05) is 29.0 Å². The van der Waals surface area contributed by atoms with E-state index in [0.717, 1.165) is 51.9 Å². The second-order valence-corrected chi connectivity index (χ2v) is 8.57. The van der Waals surface area contributed by atoms with Crippen molar-refractivity contribution in [1.82, 2.24) is 9.88 Å². The summed E-state index contributed by atoms with van der Waals surface area (Å²) in [5.74, 6) is 3.16. The van der Waals surface area contributed by atoms with Crippen molar-refractivity contribution in [2.75, 3.05) is 34.5 Å². The molecule has 1 aromatic heterocycles. The molecule has 33 heavy (non-hydrogen) atoms. The van der Waals surface area contributed by atoms with Crippen molar-refractivity contribution in [3.05, 3.63) is 41.5 Å². The number of fused-ring (bicyclic) bond motifs is 2. The minimum atomic E-state index is 0.170. The van der Waals surface area contributed by atoms with Crippen molar-refractivity contribution >= 4 is 16.8 Å². The molecule has 3 aromatic rings. The number of nitrogens with zero attached hydrogens (tertiary/aromatic N) is 2. The summed E-state index contributed by atoms with van der Waals surface area (Å²) in [5.41, 5.74) is 4.37. The lowest BCUT2D eigenvalue weighted by molar-refractivity contribution is -0.133. The Hall–Kier alpha value is -3.48. The number of pyridine rings is 1. The summed E-state index contributed by atoms with van der Waals surface area (Å²) < 4.78 is 22.9. The molecule has 0 bridgehead atoms. The number of carbonyl (C=O) groups excluding carboxylic acids is 1. The Bertz CT molecular complexity index is 1240. The zero-order chi connectivity index (χ0) is 23.1. The van der Waals surface area contributed by atoms with Gasteiger partial charge in [-0.05, 0) is 55.7 Å². The Morgan fingerprint density at radius 2 is 1.76 bits per heavy atom. The van der Waals surface area contributed by atoms with Gasteiger partial charge in [0.15, 0.2) is 11.5 Å². The quantitative estimate of drug-likeness (QED) is 0.577. The van der Waals surface area contributed by atoms with E-state index in [0.29, 0.717) is 36.9 Å². The van der Waals surface area contributed by atoms with Crippen molar-refractivity contribution in [2.45, 2.75) is 26.3 Å². The summed E-state index contributed by atoms with van der Waals surface area (Å²) in [7, 11) is 4.92. The van der Waals surface area contributed by atoms with Crippen LogP contribution in [0.5, 0.6) is 23.0 Å². The van der Waals surface area contributed by atoms with Gasteiger partial charge in [-0.2, -0.15) is 0 Å². The minimum absolute atomic E-state index is 0.170. The minimum Gasteiger partial charge on any atom is -0.496 e. The molecule has 2 aromatic carbocycles. The number of carbonyl (C=O) groups is 1. The van der Waals surface area contributed by atoms with Crippen molar-refractivity contribution in [1.29, 1.82) is 0 Å². The monoisotopic (exact) mass is 448 g/mol. The molecule has 1 amide bonds. The first-order valence-electron chi connectivity index (χ1n) is 11.2. The molecule has 7 heteroatoms. The van der Waals surface area contributed by atoms with Crippen LogP contribution in [0.1, 0.15) is 24.0 Å². The third-order valence-electron chi connectivity index (χ3n) is 6.38. The standard InChI is InChI=1S/C26H28N2O5/c1-15-11-19(27-24-21(31-3)8-7-20(30-2)23(15)24)17-12-18-14-28(26(29)16-5-6-16)9-10-33-25(18)22(13-17)32-4/h7-8,11-13,16H,5-6,9-10,14H2,1-4H3. The SMILES string of the molecule is COc1cc(-c2cc(C)c3c(OC)ccc(OC)c3n2)cc2c1OCCN(C(=O)C1CC1)C2. The van der Waals surface area contributed by atoms with Gasteiger partial charge in [-0.15, -0.1) is 0 Å². The number of hydrogen-bond acceptors (Lipinski definition) is 6. The van der Waals surface area contributed by atoms with Gasteiger partial charge in [0.25, 0.3) is 0 Å². The number of benzene rings is 2. The molecule has 0 spiro atoms. The summed E-state index contributed by atoms with van der Waals surface area (Å²) in [5, 5.41) is 0.923. The van der Waals surface area contributed by atoms with Crippen LogP contribution >= 0.6 is 0 Å². The Labute approximate surface area is 193 Å². The number of rotatable bonds is 5. The third-order valence-corrected chi connectivity index (χ3v) is 6.38. The van der Waals surface area contributed by atoms with Gasteiger partial charge in [-0.1, -0.05) is 0 Å². The fourth-order valence-electron chi connectivity index (χ4n) is 4.52. The molecular weight excluding hydrogens is 420 g/mol. The second kappa shape index (κ2) is 8.46. The largest absolute Gasteiger partial charge is 0.496 e. The Balaban J connectivity index is 1.63. The predicted octanol–water partition coefficient (Wildman–Crippen LogP) is 4.37. The van der Waals surface area contributed by atoms with E-state index in [4.69, 9.17) is 23.9 Å². The topological polar surface area (TPSA) is 70.1 Å². The van der Waals surface area contributed by atoms with Crippen LogP contribution in [0, 0.1) is 12.8 Å². The molecule has 0 saturated heterocycles. The molecule has 1 aliphatic carbocycles. The molecule has 1 aliphatic heterocycles. The molecule has 1 saturated carbocycles. The summed E-state index contributed by atoms with van der Waals surface area (Å²) in [6.07, 6.45) is 1.97. The molecule has 0 N–H and O–H groups in total. The normalized spacial score (nSPS) is 15.5. The molecule has 0 atom stereocenters. The maximum atomic E-state index is 12.8. The van der Waals surface area contributed by atoms with Gasteiger partial charge in [0.2, 0.25) is 5.91 Å². The third kappa shape index (κ3) is 3.81. The van der Waals surface area contributed by atoms with Crippen LogP contribution in [0.4, 0.5) is 0 Å². The van der Waals surface area contributed by atoms with Gasteiger partial charge in [0.1, 0.15) is 23.6 Å². The zero-order valence-electron chi connectivity index (χ0n) is 19.4. The fraction of sp³-hybridized carbons (Fsp3) is 0.385. The Morgan fingerprint density at radius 1 is 1.03 bits per heavy atom. The van der Waals surface area contributed by atoms with E-state index >= 15 is 0 Å². The summed E-state index contributed by atoms with van der Waals surface area (Å²) in [4.78, 5) is 19.6. The van der Waals surface area contributed by atoms with Crippen LogP contribution in [0.15, 0.2) is 30.3 Å². The highest BCUT2D eigenvalue weighted by Gasteiger charge is 2.34. The van der Waals surface area contributed by atoms with Gasteiger partial charge < -0.3 is 23.8 Å². The van der Waals surface area contributed by atoms with Crippen LogP contribution in [-0.2, 0) is 11.3 Å². The molecular formula is C26H28N2O5.